The summed E-state index contributed by atoms with van der Waals surface area (Å²) in [6, 6.07) is 7.88. The molecule has 0 unspecified atom stereocenters. The molecule has 0 spiro atoms. The van der Waals surface area contributed by atoms with Crippen LogP contribution in [-0.2, 0) is 9.53 Å². The van der Waals surface area contributed by atoms with Crippen LogP contribution in [0.2, 0.25) is 0 Å². The summed E-state index contributed by atoms with van der Waals surface area (Å²) in [6.45, 7) is 3.12. The fourth-order valence-corrected chi connectivity index (χ4v) is 2.36. The van der Waals surface area contributed by atoms with Crippen molar-refractivity contribution < 1.29 is 14.3 Å². The van der Waals surface area contributed by atoms with Crippen molar-refractivity contribution in [2.24, 2.45) is 0 Å². The van der Waals surface area contributed by atoms with Crippen LogP contribution >= 0.6 is 0 Å². The van der Waals surface area contributed by atoms with Gasteiger partial charge in [0.15, 0.2) is 12.2 Å². The van der Waals surface area contributed by atoms with E-state index in [0.29, 0.717) is 18.9 Å². The Morgan fingerprint density at radius 1 is 1.43 bits per heavy atom. The van der Waals surface area contributed by atoms with E-state index in [0.717, 1.165) is 30.5 Å². The number of rotatable bonds is 8. The maximum Gasteiger partial charge on any atom is 0.257 e. The molecule has 1 saturated carbocycles. The van der Waals surface area contributed by atoms with Crippen molar-refractivity contribution in [1.82, 2.24) is 5.32 Å². The zero-order chi connectivity index (χ0) is 16.7. The summed E-state index contributed by atoms with van der Waals surface area (Å²) < 4.78 is 11.1. The topological polar surface area (TPSA) is 83.4 Å². The predicted molar refractivity (Wildman–Crippen MR) is 87.4 cm³/mol. The lowest BCUT2D eigenvalue weighted by atomic mass is 9.81. The third-order valence-corrected chi connectivity index (χ3v) is 4.01. The number of likely N-dealkylation sites (N-methyl/N-ethyl adjacent to an activating group) is 1. The van der Waals surface area contributed by atoms with Crippen LogP contribution in [0.25, 0.3) is 0 Å². The van der Waals surface area contributed by atoms with Crippen molar-refractivity contribution in [3.63, 3.8) is 0 Å². The third kappa shape index (κ3) is 4.60. The first kappa shape index (κ1) is 17.1. The fourth-order valence-electron chi connectivity index (χ4n) is 2.36. The Labute approximate surface area is 136 Å². The second kappa shape index (κ2) is 7.84. The molecule has 1 aliphatic rings. The van der Waals surface area contributed by atoms with E-state index in [1.807, 2.05) is 25.1 Å². The third-order valence-electron chi connectivity index (χ3n) is 4.01. The molecule has 0 bridgehead atoms. The minimum Gasteiger partial charge on any atom is -0.484 e. The van der Waals surface area contributed by atoms with Gasteiger partial charge >= 0.3 is 0 Å². The second-order valence-corrected chi connectivity index (χ2v) is 5.67. The van der Waals surface area contributed by atoms with Gasteiger partial charge in [-0.25, -0.2) is 0 Å². The molecule has 0 atom stereocenters. The van der Waals surface area contributed by atoms with Gasteiger partial charge in [0.05, 0.1) is 12.7 Å². The second-order valence-electron chi connectivity index (χ2n) is 5.67. The summed E-state index contributed by atoms with van der Waals surface area (Å²) in [5.41, 5.74) is 1.47. The largest absolute Gasteiger partial charge is 0.484 e. The maximum atomic E-state index is 11.2. The molecule has 1 aromatic carbocycles. The number of aryl methyl sites for hydroxylation is 1. The minimum absolute atomic E-state index is 0.00674. The molecule has 2 rings (SSSR count). The smallest absolute Gasteiger partial charge is 0.257 e. The summed E-state index contributed by atoms with van der Waals surface area (Å²) in [4.78, 5) is 11.2. The molecule has 6 heteroatoms. The number of nitrogens with one attached hydrogen (secondary N) is 2. The van der Waals surface area contributed by atoms with E-state index < -0.39 is 5.60 Å². The molecular formula is C17H23N3O3. The lowest BCUT2D eigenvalue weighted by Crippen LogP contribution is -2.39. The van der Waals surface area contributed by atoms with Crippen LogP contribution in [0.5, 0.6) is 5.75 Å². The molecule has 0 aromatic heterocycles. The van der Waals surface area contributed by atoms with Gasteiger partial charge in [-0.3, -0.25) is 4.79 Å². The van der Waals surface area contributed by atoms with Gasteiger partial charge in [-0.15, -0.1) is 0 Å². The molecule has 1 aromatic rings. The molecule has 0 heterocycles. The Morgan fingerprint density at radius 3 is 2.78 bits per heavy atom. The summed E-state index contributed by atoms with van der Waals surface area (Å²) >= 11 is 0. The van der Waals surface area contributed by atoms with Crippen LogP contribution < -0.4 is 15.4 Å². The predicted octanol–water partition coefficient (Wildman–Crippen LogP) is 1.99. The number of nitrogens with zero attached hydrogens (tertiary/aromatic N) is 1. The number of hydrogen-bond acceptors (Lipinski definition) is 5. The first-order chi connectivity index (χ1) is 11.1. The number of nitriles is 1. The van der Waals surface area contributed by atoms with Crippen molar-refractivity contribution in [3.05, 3.63) is 23.8 Å². The highest BCUT2D eigenvalue weighted by atomic mass is 16.5. The van der Waals surface area contributed by atoms with Gasteiger partial charge < -0.3 is 20.1 Å². The maximum absolute atomic E-state index is 11.2. The van der Waals surface area contributed by atoms with Crippen LogP contribution in [0, 0.1) is 18.3 Å². The zero-order valence-corrected chi connectivity index (χ0v) is 13.6. The molecule has 1 amide bonds. The SMILES string of the molecule is CNC(=O)COc1ccc(NCCOC2(C#N)CCC2)c(C)c1. The fraction of sp³-hybridized carbons (Fsp3) is 0.529. The van der Waals surface area contributed by atoms with Crippen molar-refractivity contribution >= 4 is 11.6 Å². The Bertz CT molecular complexity index is 591. The quantitative estimate of drug-likeness (QED) is 0.717. The van der Waals surface area contributed by atoms with Crippen LogP contribution in [0.4, 0.5) is 5.69 Å². The molecule has 124 valence electrons. The molecule has 2 N–H and O–H groups in total. The normalized spacial score (nSPS) is 15.2. The lowest BCUT2D eigenvalue weighted by molar-refractivity contribution is -0.122. The van der Waals surface area contributed by atoms with Crippen LogP contribution in [0.15, 0.2) is 18.2 Å². The van der Waals surface area contributed by atoms with Gasteiger partial charge in [0.25, 0.3) is 5.91 Å². The van der Waals surface area contributed by atoms with Crippen molar-refractivity contribution in [2.75, 3.05) is 32.1 Å². The Kier molecular flexibility index (Phi) is 5.83. The van der Waals surface area contributed by atoms with Gasteiger partial charge in [-0.1, -0.05) is 0 Å². The highest BCUT2D eigenvalue weighted by Gasteiger charge is 2.37. The molecule has 1 aliphatic carbocycles. The average Bonchev–Trinajstić information content (AvgIpc) is 2.52. The van der Waals surface area contributed by atoms with E-state index in [9.17, 15) is 4.79 Å². The number of ether oxygens (including phenoxy) is 2. The van der Waals surface area contributed by atoms with Crippen molar-refractivity contribution in [1.29, 1.82) is 5.26 Å². The summed E-state index contributed by atoms with van der Waals surface area (Å²) in [7, 11) is 1.58. The van der Waals surface area contributed by atoms with E-state index in [2.05, 4.69) is 16.7 Å². The highest BCUT2D eigenvalue weighted by molar-refractivity contribution is 5.77. The van der Waals surface area contributed by atoms with E-state index in [1.54, 1.807) is 7.05 Å². The van der Waals surface area contributed by atoms with E-state index in [1.165, 1.54) is 0 Å². The molecule has 0 saturated heterocycles. The van der Waals surface area contributed by atoms with E-state index in [-0.39, 0.29) is 12.5 Å². The molecule has 23 heavy (non-hydrogen) atoms. The number of anilines is 1. The van der Waals surface area contributed by atoms with Gasteiger partial charge in [0.2, 0.25) is 0 Å². The standard InChI is InChI=1S/C17H23N3O3/c1-13-10-14(22-11-16(21)19-2)4-5-15(13)20-8-9-23-17(12-18)6-3-7-17/h4-5,10,20H,3,6-9,11H2,1-2H3,(H,19,21). The van der Waals surface area contributed by atoms with E-state index in [4.69, 9.17) is 14.7 Å². The Hall–Kier alpha value is -2.26. The number of hydrogen-bond donors (Lipinski definition) is 2. The molecule has 6 nitrogen and oxygen atoms in total. The number of carbonyl (C=O) groups is 1. The van der Waals surface area contributed by atoms with Gasteiger partial charge in [-0.2, -0.15) is 5.26 Å². The molecule has 0 aliphatic heterocycles. The number of amides is 1. The van der Waals surface area contributed by atoms with Crippen LogP contribution in [-0.4, -0.2) is 38.3 Å². The summed E-state index contributed by atoms with van der Waals surface area (Å²) in [5, 5.41) is 14.9. The minimum atomic E-state index is -0.547. The number of carbonyl (C=O) groups excluding carboxylic acids is 1. The van der Waals surface area contributed by atoms with Gasteiger partial charge in [0, 0.05) is 19.3 Å². The molecule has 1 fully saturated rings. The van der Waals surface area contributed by atoms with E-state index >= 15 is 0 Å². The summed E-state index contributed by atoms with van der Waals surface area (Å²) in [6.07, 6.45) is 2.73. The summed E-state index contributed by atoms with van der Waals surface area (Å²) in [5.74, 6) is 0.496. The van der Waals surface area contributed by atoms with Gasteiger partial charge in [0.1, 0.15) is 5.75 Å². The lowest BCUT2D eigenvalue weighted by Gasteiger charge is -2.34. The first-order valence-corrected chi connectivity index (χ1v) is 7.82. The average molecular weight is 317 g/mol. The molecule has 0 radical (unpaired) electrons. The molecular weight excluding hydrogens is 294 g/mol. The van der Waals surface area contributed by atoms with Crippen molar-refractivity contribution in [2.45, 2.75) is 31.8 Å². The van der Waals surface area contributed by atoms with Crippen LogP contribution in [0.1, 0.15) is 24.8 Å². The first-order valence-electron chi connectivity index (χ1n) is 7.82. The highest BCUT2D eigenvalue weighted by Crippen LogP contribution is 2.34. The monoisotopic (exact) mass is 317 g/mol. The Morgan fingerprint density at radius 2 is 2.22 bits per heavy atom. The van der Waals surface area contributed by atoms with Crippen LogP contribution in [0.3, 0.4) is 0 Å². The van der Waals surface area contributed by atoms with Crippen molar-refractivity contribution in [3.8, 4) is 11.8 Å². The number of benzene rings is 1. The zero-order valence-electron chi connectivity index (χ0n) is 13.6. The Balaban J connectivity index is 1.77. The van der Waals surface area contributed by atoms with Gasteiger partial charge in [-0.05, 0) is 49.9 Å².